The van der Waals surface area contributed by atoms with E-state index in [2.05, 4.69) is 9.62 Å². The van der Waals surface area contributed by atoms with Crippen LogP contribution in [0.2, 0.25) is 0 Å². The lowest BCUT2D eigenvalue weighted by Gasteiger charge is -2.26. The highest BCUT2D eigenvalue weighted by Crippen LogP contribution is 2.30. The van der Waals surface area contributed by atoms with Crippen LogP contribution in [0.5, 0.6) is 11.5 Å². The number of morpholine rings is 1. The summed E-state index contributed by atoms with van der Waals surface area (Å²) in [6.45, 7) is 3.62. The molecule has 0 saturated carbocycles. The fourth-order valence-corrected chi connectivity index (χ4v) is 4.91. The van der Waals surface area contributed by atoms with Crippen molar-refractivity contribution in [2.75, 3.05) is 45.6 Å². The van der Waals surface area contributed by atoms with Crippen molar-refractivity contribution in [1.82, 2.24) is 9.62 Å². The quantitative estimate of drug-likeness (QED) is 0.537. The largest absolute Gasteiger partial charge is 0.478 e. The summed E-state index contributed by atoms with van der Waals surface area (Å²) >= 11 is 0. The Kier molecular flexibility index (Phi) is 7.51. The van der Waals surface area contributed by atoms with Crippen LogP contribution in [0.25, 0.3) is 0 Å². The Morgan fingerprint density at radius 3 is 2.34 bits per heavy atom. The summed E-state index contributed by atoms with van der Waals surface area (Å²) in [7, 11) is -7.49. The molecule has 0 unspecified atom stereocenters. The molecule has 0 aliphatic carbocycles. The van der Waals surface area contributed by atoms with Gasteiger partial charge in [0.15, 0.2) is 9.84 Å². The summed E-state index contributed by atoms with van der Waals surface area (Å²) in [5.41, 5.74) is -0.192. The summed E-state index contributed by atoms with van der Waals surface area (Å²) in [4.78, 5) is 13.0. The van der Waals surface area contributed by atoms with E-state index in [1.807, 2.05) is 0 Å². The number of nitrogens with zero attached hydrogens (tertiary/aromatic N) is 1. The first-order valence-electron chi connectivity index (χ1n) is 9.71. The van der Waals surface area contributed by atoms with Crippen molar-refractivity contribution in [2.45, 2.75) is 9.79 Å². The first kappa shape index (κ1) is 24.1. The number of hydrogen-bond donors (Lipinski definition) is 2. The van der Waals surface area contributed by atoms with E-state index in [1.165, 1.54) is 36.4 Å². The van der Waals surface area contributed by atoms with Crippen LogP contribution in [0.4, 0.5) is 0 Å². The number of benzene rings is 2. The number of sulfonamides is 1. The zero-order valence-corrected chi connectivity index (χ0v) is 19.0. The third-order valence-corrected chi connectivity index (χ3v) is 7.37. The summed E-state index contributed by atoms with van der Waals surface area (Å²) < 4.78 is 62.5. The van der Waals surface area contributed by atoms with Crippen LogP contribution in [0, 0.1) is 0 Å². The molecular formula is C20H24N2O8S2. The number of sulfone groups is 1. The standard InChI is InChI=1S/C20H24N2O8S2/c1-31(25,26)19-14-15(20(23)24)2-7-18(19)30-16-3-5-17(6-4-16)32(27,28)21-8-9-22-10-12-29-13-11-22/h2-7,14,21H,8-13H2,1H3,(H,23,24). The molecule has 2 N–H and O–H groups in total. The van der Waals surface area contributed by atoms with Gasteiger partial charge in [0.25, 0.3) is 0 Å². The maximum absolute atomic E-state index is 12.5. The summed E-state index contributed by atoms with van der Waals surface area (Å²) in [5, 5.41) is 9.09. The van der Waals surface area contributed by atoms with Gasteiger partial charge in [-0.2, -0.15) is 0 Å². The Hall–Kier alpha value is -2.51. The monoisotopic (exact) mass is 484 g/mol. The average Bonchev–Trinajstić information content (AvgIpc) is 2.74. The van der Waals surface area contributed by atoms with Crippen molar-refractivity contribution in [1.29, 1.82) is 0 Å². The molecule has 1 aliphatic rings. The van der Waals surface area contributed by atoms with Gasteiger partial charge in [-0.25, -0.2) is 26.4 Å². The van der Waals surface area contributed by atoms with Crippen LogP contribution in [-0.4, -0.2) is 78.5 Å². The third-order valence-electron chi connectivity index (χ3n) is 4.78. The molecule has 1 heterocycles. The molecule has 0 bridgehead atoms. The first-order chi connectivity index (χ1) is 15.1. The van der Waals surface area contributed by atoms with Gasteiger partial charge in [0.1, 0.15) is 16.4 Å². The van der Waals surface area contributed by atoms with E-state index in [0.717, 1.165) is 25.4 Å². The second-order valence-corrected chi connectivity index (χ2v) is 10.9. The number of nitrogens with one attached hydrogen (secondary N) is 1. The van der Waals surface area contributed by atoms with Crippen molar-refractivity contribution >= 4 is 25.8 Å². The number of carbonyl (C=O) groups is 1. The third kappa shape index (κ3) is 6.26. The van der Waals surface area contributed by atoms with E-state index < -0.39 is 25.8 Å². The molecule has 3 rings (SSSR count). The van der Waals surface area contributed by atoms with Crippen molar-refractivity contribution in [3.63, 3.8) is 0 Å². The Morgan fingerprint density at radius 2 is 1.75 bits per heavy atom. The summed E-state index contributed by atoms with van der Waals surface area (Å²) in [6.07, 6.45) is 0.944. The van der Waals surface area contributed by atoms with Crippen molar-refractivity contribution in [3.8, 4) is 11.5 Å². The van der Waals surface area contributed by atoms with E-state index in [1.54, 1.807) is 0 Å². The molecule has 2 aromatic carbocycles. The molecule has 0 spiro atoms. The molecule has 1 aliphatic heterocycles. The molecule has 12 heteroatoms. The maximum Gasteiger partial charge on any atom is 0.335 e. The van der Waals surface area contributed by atoms with E-state index in [-0.39, 0.29) is 33.4 Å². The van der Waals surface area contributed by atoms with Crippen LogP contribution in [0.3, 0.4) is 0 Å². The molecule has 0 radical (unpaired) electrons. The summed E-state index contributed by atoms with van der Waals surface area (Å²) in [5.74, 6) is -1.13. The average molecular weight is 485 g/mol. The minimum Gasteiger partial charge on any atom is -0.478 e. The van der Waals surface area contributed by atoms with Crippen LogP contribution in [0.1, 0.15) is 10.4 Å². The number of aromatic carboxylic acids is 1. The van der Waals surface area contributed by atoms with Crippen LogP contribution in [0.15, 0.2) is 52.3 Å². The zero-order chi connectivity index (χ0) is 23.4. The SMILES string of the molecule is CS(=O)(=O)c1cc(C(=O)O)ccc1Oc1ccc(S(=O)(=O)NCCN2CCOCC2)cc1. The molecule has 0 amide bonds. The lowest BCUT2D eigenvalue weighted by Crippen LogP contribution is -2.41. The molecule has 2 aromatic rings. The van der Waals surface area contributed by atoms with Gasteiger partial charge < -0.3 is 14.6 Å². The number of carboxylic acid groups (broad SMARTS) is 1. The Labute approximate surface area is 186 Å². The molecule has 32 heavy (non-hydrogen) atoms. The summed E-state index contributed by atoms with van der Waals surface area (Å²) in [6, 6.07) is 8.98. The number of rotatable bonds is 9. The van der Waals surface area contributed by atoms with E-state index in [4.69, 9.17) is 14.6 Å². The predicted molar refractivity (Wildman–Crippen MR) is 115 cm³/mol. The molecule has 174 valence electrons. The second kappa shape index (κ2) is 9.96. The maximum atomic E-state index is 12.5. The lowest BCUT2D eigenvalue weighted by atomic mass is 10.2. The van der Waals surface area contributed by atoms with Crippen molar-refractivity contribution in [2.24, 2.45) is 0 Å². The normalized spacial score (nSPS) is 15.4. The van der Waals surface area contributed by atoms with E-state index in [0.29, 0.717) is 19.8 Å². The van der Waals surface area contributed by atoms with E-state index in [9.17, 15) is 21.6 Å². The van der Waals surface area contributed by atoms with Gasteiger partial charge in [-0.3, -0.25) is 4.90 Å². The highest BCUT2D eigenvalue weighted by molar-refractivity contribution is 7.90. The predicted octanol–water partition coefficient (Wildman–Crippen LogP) is 1.19. The molecule has 0 aromatic heterocycles. The van der Waals surface area contributed by atoms with Crippen LogP contribution < -0.4 is 9.46 Å². The second-order valence-electron chi connectivity index (χ2n) is 7.16. The van der Waals surface area contributed by atoms with Crippen LogP contribution >= 0.6 is 0 Å². The van der Waals surface area contributed by atoms with E-state index >= 15 is 0 Å². The smallest absolute Gasteiger partial charge is 0.335 e. The minimum absolute atomic E-state index is 0.0383. The van der Waals surface area contributed by atoms with Gasteiger partial charge in [0.05, 0.1) is 23.7 Å². The van der Waals surface area contributed by atoms with Crippen molar-refractivity contribution < 1.29 is 36.2 Å². The van der Waals surface area contributed by atoms with Gasteiger partial charge in [-0.15, -0.1) is 0 Å². The molecule has 1 fully saturated rings. The lowest BCUT2D eigenvalue weighted by molar-refractivity contribution is 0.0390. The zero-order valence-electron chi connectivity index (χ0n) is 17.4. The van der Waals surface area contributed by atoms with Crippen LogP contribution in [-0.2, 0) is 24.6 Å². The molecule has 10 nitrogen and oxygen atoms in total. The van der Waals surface area contributed by atoms with Gasteiger partial charge in [0, 0.05) is 32.4 Å². The highest BCUT2D eigenvalue weighted by Gasteiger charge is 2.19. The topological polar surface area (TPSA) is 139 Å². The first-order valence-corrected chi connectivity index (χ1v) is 13.1. The number of hydrogen-bond acceptors (Lipinski definition) is 8. The van der Waals surface area contributed by atoms with Gasteiger partial charge in [-0.05, 0) is 42.5 Å². The minimum atomic E-state index is -3.77. The van der Waals surface area contributed by atoms with Gasteiger partial charge in [-0.1, -0.05) is 0 Å². The molecule has 1 saturated heterocycles. The number of ether oxygens (including phenoxy) is 2. The Morgan fingerprint density at radius 1 is 1.09 bits per heavy atom. The van der Waals surface area contributed by atoms with Gasteiger partial charge in [0.2, 0.25) is 10.0 Å². The fourth-order valence-electron chi connectivity index (χ4n) is 3.08. The van der Waals surface area contributed by atoms with Crippen molar-refractivity contribution in [3.05, 3.63) is 48.0 Å². The molecular weight excluding hydrogens is 460 g/mol. The van der Waals surface area contributed by atoms with Gasteiger partial charge >= 0.3 is 5.97 Å². The fraction of sp³-hybridized carbons (Fsp3) is 0.350. The molecule has 0 atom stereocenters. The highest BCUT2D eigenvalue weighted by atomic mass is 32.2. The Balaban J connectivity index is 1.69. The Bertz CT molecular complexity index is 1170. The number of carboxylic acids is 1.